The summed E-state index contributed by atoms with van der Waals surface area (Å²) in [6, 6.07) is 18.6. The number of aliphatic hydroxyl groups is 1. The summed E-state index contributed by atoms with van der Waals surface area (Å²) in [6.07, 6.45) is 3.35. The van der Waals surface area contributed by atoms with Crippen molar-refractivity contribution in [3.05, 3.63) is 172 Å². The molecular weight excluding hydrogens is 761 g/mol. The molecule has 0 unspecified atom stereocenters. The van der Waals surface area contributed by atoms with Crippen molar-refractivity contribution in [2.75, 3.05) is 6.61 Å². The third-order valence-corrected chi connectivity index (χ3v) is 8.98. The lowest BCUT2D eigenvalue weighted by Crippen LogP contribution is -2.25. The summed E-state index contributed by atoms with van der Waals surface area (Å²) < 4.78 is 40.8. The number of esters is 2. The summed E-state index contributed by atoms with van der Waals surface area (Å²) in [6.45, 7) is 2.48. The van der Waals surface area contributed by atoms with Crippen LogP contribution in [-0.2, 0) is 40.3 Å². The van der Waals surface area contributed by atoms with Crippen molar-refractivity contribution in [2.45, 2.75) is 39.9 Å². The van der Waals surface area contributed by atoms with E-state index in [4.69, 9.17) is 37.8 Å². The number of hydrogen-bond donors (Lipinski definition) is 2. The molecule has 6 rings (SSSR count). The quantitative estimate of drug-likeness (QED) is 0.143. The highest BCUT2D eigenvalue weighted by atomic mass is 35.5. The molecule has 11 nitrogen and oxygen atoms in total. The van der Waals surface area contributed by atoms with Gasteiger partial charge in [-0.05, 0) is 65.6 Å². The number of pyridine rings is 4. The van der Waals surface area contributed by atoms with Gasteiger partial charge in [-0.15, -0.1) is 0 Å². The molecule has 4 aromatic heterocycles. The van der Waals surface area contributed by atoms with Crippen LogP contribution in [-0.4, -0.2) is 43.5 Å². The number of carbonyl (C=O) groups is 3. The predicted molar refractivity (Wildman–Crippen MR) is 200 cm³/mol. The Hall–Kier alpha value is -5.89. The molecule has 15 heteroatoms. The van der Waals surface area contributed by atoms with Gasteiger partial charge in [0.2, 0.25) is 0 Å². The minimum Gasteiger partial charge on any atom is -0.477 e. The summed E-state index contributed by atoms with van der Waals surface area (Å²) in [4.78, 5) is 60.0. The fraction of sp³-hybridized carbons (Fsp3) is 0.175. The van der Waals surface area contributed by atoms with Gasteiger partial charge in [0, 0.05) is 43.3 Å². The molecule has 4 heterocycles. The number of carbonyl (C=O) groups excluding carboxylic acids is 2. The molecule has 0 amide bonds. The average Bonchev–Trinajstić information content (AvgIpc) is 3.15. The third-order valence-electron chi connectivity index (χ3n) is 8.39. The van der Waals surface area contributed by atoms with E-state index in [1.54, 1.807) is 55.5 Å². The van der Waals surface area contributed by atoms with Gasteiger partial charge >= 0.3 is 17.9 Å². The number of ether oxygens (including phenoxy) is 2. The summed E-state index contributed by atoms with van der Waals surface area (Å²) in [7, 11) is 0. The Morgan fingerprint density at radius 1 is 0.709 bits per heavy atom. The van der Waals surface area contributed by atoms with Crippen molar-refractivity contribution in [3.8, 4) is 0 Å². The first-order valence-electron chi connectivity index (χ1n) is 16.6. The highest BCUT2D eigenvalue weighted by Gasteiger charge is 2.19. The maximum atomic E-state index is 14.3. The SMILES string of the molecule is CCOC(=O)c1cc(COC(C)=O)c2ccc(Cc3cccc(Cl)c3F)cn2c1=O.O=C(O)c1cc(CO)c2ccc(Cc3cccc(Cl)c3F)cn2c1=O. The zero-order valence-electron chi connectivity index (χ0n) is 29.3. The number of rotatable bonds is 10. The van der Waals surface area contributed by atoms with Gasteiger partial charge in [0.1, 0.15) is 29.4 Å². The number of halogens is 4. The molecule has 6 aromatic rings. The van der Waals surface area contributed by atoms with Crippen molar-refractivity contribution < 1.29 is 42.9 Å². The van der Waals surface area contributed by atoms with E-state index >= 15 is 0 Å². The Kier molecular flexibility index (Phi) is 12.8. The molecule has 284 valence electrons. The monoisotopic (exact) mass is 792 g/mol. The zero-order chi connectivity index (χ0) is 40.0. The fourth-order valence-corrected chi connectivity index (χ4v) is 6.17. The molecule has 0 spiro atoms. The van der Waals surface area contributed by atoms with E-state index in [1.165, 1.54) is 41.9 Å². The normalized spacial score (nSPS) is 10.9. The lowest BCUT2D eigenvalue weighted by Gasteiger charge is -2.13. The summed E-state index contributed by atoms with van der Waals surface area (Å²) in [5.41, 5.74) is 1.69. The van der Waals surface area contributed by atoms with Gasteiger partial charge in [-0.2, -0.15) is 0 Å². The van der Waals surface area contributed by atoms with Crippen LogP contribution in [0.15, 0.2) is 94.8 Å². The number of nitrogens with zero attached hydrogens (tertiary/aromatic N) is 2. The summed E-state index contributed by atoms with van der Waals surface area (Å²) in [5, 5.41) is 18.6. The first-order valence-corrected chi connectivity index (χ1v) is 17.3. The second kappa shape index (κ2) is 17.5. The molecule has 0 bridgehead atoms. The molecule has 2 aromatic carbocycles. The van der Waals surface area contributed by atoms with Crippen molar-refractivity contribution >= 4 is 52.1 Å². The lowest BCUT2D eigenvalue weighted by atomic mass is 10.0. The minimum absolute atomic E-state index is 0.00573. The van der Waals surface area contributed by atoms with E-state index in [2.05, 4.69) is 0 Å². The summed E-state index contributed by atoms with van der Waals surface area (Å²) >= 11 is 11.6. The van der Waals surface area contributed by atoms with Gasteiger partial charge in [-0.3, -0.25) is 23.2 Å². The van der Waals surface area contributed by atoms with Crippen LogP contribution >= 0.6 is 23.2 Å². The number of hydrogen-bond acceptors (Lipinski definition) is 8. The Morgan fingerprint density at radius 3 is 1.67 bits per heavy atom. The molecule has 55 heavy (non-hydrogen) atoms. The molecule has 0 radical (unpaired) electrons. The molecule has 0 saturated carbocycles. The molecule has 0 aliphatic heterocycles. The van der Waals surface area contributed by atoms with E-state index in [1.807, 2.05) is 0 Å². The van der Waals surface area contributed by atoms with E-state index < -0.39 is 52.8 Å². The maximum Gasteiger partial charge on any atom is 0.343 e. The standard InChI is InChI=1S/C22H19ClFNO5.C18H13ClFNO4/c1-3-29-22(28)17-10-16(12-30-13(2)26)19-8-7-14(11-25(19)21(17)27)9-15-5-4-6-18(23)20(15)24;19-14-3-1-2-11(16(14)20)6-10-4-5-15-12(9-22)7-13(18(24)25)17(23)21(15)8-10/h4-8,10-11H,3,9,12H2,1-2H3;1-5,7-8,22H,6,9H2,(H,24,25). The van der Waals surface area contributed by atoms with E-state index in [0.29, 0.717) is 44.4 Å². The van der Waals surface area contributed by atoms with Gasteiger partial charge in [0.15, 0.2) is 0 Å². The molecule has 0 aliphatic carbocycles. The second-order valence-electron chi connectivity index (χ2n) is 12.1. The first kappa shape index (κ1) is 40.3. The highest BCUT2D eigenvalue weighted by molar-refractivity contribution is 6.31. The zero-order valence-corrected chi connectivity index (χ0v) is 30.8. The number of carboxylic acids is 1. The minimum atomic E-state index is -1.37. The van der Waals surface area contributed by atoms with Gasteiger partial charge < -0.3 is 19.7 Å². The van der Waals surface area contributed by atoms with Crippen LogP contribution in [0.25, 0.3) is 11.0 Å². The Balaban J connectivity index is 0.000000214. The fourth-order valence-electron chi connectivity index (χ4n) is 5.78. The van der Waals surface area contributed by atoms with Crippen LogP contribution in [0.3, 0.4) is 0 Å². The number of fused-ring (bicyclic) bond motifs is 2. The van der Waals surface area contributed by atoms with Crippen LogP contribution in [0.2, 0.25) is 10.0 Å². The smallest absolute Gasteiger partial charge is 0.343 e. The third kappa shape index (κ3) is 9.08. The number of aromatic nitrogens is 2. The van der Waals surface area contributed by atoms with Crippen LogP contribution in [0, 0.1) is 11.6 Å². The van der Waals surface area contributed by atoms with Gasteiger partial charge in [-0.1, -0.05) is 59.6 Å². The maximum absolute atomic E-state index is 14.3. The number of aromatic carboxylic acids is 1. The molecule has 0 fully saturated rings. The predicted octanol–water partition coefficient (Wildman–Crippen LogP) is 6.80. The van der Waals surface area contributed by atoms with E-state index in [9.17, 15) is 37.9 Å². The average molecular weight is 794 g/mol. The Bertz CT molecular complexity index is 2590. The van der Waals surface area contributed by atoms with Crippen molar-refractivity contribution in [1.82, 2.24) is 8.80 Å². The molecule has 0 saturated heterocycles. The number of aliphatic hydroxyl groups excluding tert-OH is 1. The largest absolute Gasteiger partial charge is 0.477 e. The van der Waals surface area contributed by atoms with Crippen molar-refractivity contribution in [3.63, 3.8) is 0 Å². The van der Waals surface area contributed by atoms with Gasteiger partial charge in [0.25, 0.3) is 11.1 Å². The molecule has 2 N–H and O–H groups in total. The van der Waals surface area contributed by atoms with Crippen LogP contribution in [0.5, 0.6) is 0 Å². The number of carboxylic acid groups (broad SMARTS) is 1. The van der Waals surface area contributed by atoms with Crippen LogP contribution in [0.1, 0.15) is 67.9 Å². The number of benzene rings is 2. The molecular formula is C40H32Cl2F2N2O9. The topological polar surface area (TPSA) is 153 Å². The highest BCUT2D eigenvalue weighted by Crippen LogP contribution is 2.23. The molecule has 0 aliphatic rings. The van der Waals surface area contributed by atoms with Crippen LogP contribution in [0.4, 0.5) is 8.78 Å². The van der Waals surface area contributed by atoms with Crippen molar-refractivity contribution in [2.24, 2.45) is 0 Å². The van der Waals surface area contributed by atoms with Gasteiger partial charge in [0.05, 0.1) is 34.3 Å². The van der Waals surface area contributed by atoms with Crippen molar-refractivity contribution in [1.29, 1.82) is 0 Å². The Morgan fingerprint density at radius 2 is 1.20 bits per heavy atom. The first-order chi connectivity index (χ1) is 26.2. The van der Waals surface area contributed by atoms with E-state index in [-0.39, 0.29) is 41.7 Å². The lowest BCUT2D eigenvalue weighted by molar-refractivity contribution is -0.142. The summed E-state index contributed by atoms with van der Waals surface area (Å²) in [5.74, 6) is -3.70. The Labute approximate surface area is 321 Å². The van der Waals surface area contributed by atoms with E-state index in [0.717, 1.165) is 10.5 Å². The van der Waals surface area contributed by atoms with Crippen LogP contribution < -0.4 is 11.1 Å². The molecule has 0 atom stereocenters. The van der Waals surface area contributed by atoms with Gasteiger partial charge in [-0.25, -0.2) is 18.4 Å². The second-order valence-corrected chi connectivity index (χ2v) is 12.9.